The Balaban J connectivity index is 2.04. The molecule has 0 N–H and O–H groups in total. The van der Waals surface area contributed by atoms with E-state index in [9.17, 15) is 18.0 Å². The van der Waals surface area contributed by atoms with E-state index >= 15 is 0 Å². The third-order valence-corrected chi connectivity index (χ3v) is 2.53. The predicted octanol–water partition coefficient (Wildman–Crippen LogP) is 2.74. The van der Waals surface area contributed by atoms with Crippen LogP contribution in [-0.2, 0) is 13.5 Å². The third kappa shape index (κ3) is 3.84. The molecule has 20 heavy (non-hydrogen) atoms. The summed E-state index contributed by atoms with van der Waals surface area (Å²) in [6.07, 6.45) is -1.31. The Bertz CT molecular complexity index is 603. The molecule has 7 heteroatoms. The molecule has 2 aromatic rings. The van der Waals surface area contributed by atoms with Crippen LogP contribution in [0.15, 0.2) is 36.7 Å². The Hall–Kier alpha value is -2.31. The molecule has 2 rings (SSSR count). The van der Waals surface area contributed by atoms with Gasteiger partial charge in [0, 0.05) is 25.2 Å². The monoisotopic (exact) mass is 284 g/mol. The molecule has 106 valence electrons. The smallest absolute Gasteiger partial charge is 0.406 e. The van der Waals surface area contributed by atoms with Gasteiger partial charge in [-0.05, 0) is 29.8 Å². The van der Waals surface area contributed by atoms with Crippen LogP contribution in [0.25, 0.3) is 0 Å². The van der Waals surface area contributed by atoms with E-state index in [1.807, 2.05) is 0 Å². The van der Waals surface area contributed by atoms with Crippen molar-refractivity contribution in [3.8, 4) is 5.75 Å². The molecule has 1 aromatic carbocycles. The number of hydrogen-bond acceptors (Lipinski definition) is 3. The third-order valence-electron chi connectivity index (χ3n) is 2.53. The maximum atomic E-state index is 12.0. The summed E-state index contributed by atoms with van der Waals surface area (Å²) < 4.78 is 41.3. The quantitative estimate of drug-likeness (QED) is 0.811. The van der Waals surface area contributed by atoms with Gasteiger partial charge in [-0.2, -0.15) is 5.10 Å². The van der Waals surface area contributed by atoms with E-state index in [0.29, 0.717) is 5.56 Å². The number of rotatable bonds is 4. The van der Waals surface area contributed by atoms with Crippen molar-refractivity contribution in [3.05, 3.63) is 47.8 Å². The van der Waals surface area contributed by atoms with E-state index in [1.165, 1.54) is 12.1 Å². The molecule has 0 aliphatic rings. The molecule has 0 aliphatic carbocycles. The molecule has 0 aliphatic heterocycles. The lowest BCUT2D eigenvalue weighted by Crippen LogP contribution is -2.17. The Morgan fingerprint density at radius 2 is 1.95 bits per heavy atom. The van der Waals surface area contributed by atoms with Gasteiger partial charge in [-0.15, -0.1) is 13.2 Å². The highest BCUT2D eigenvalue weighted by molar-refractivity contribution is 5.97. The summed E-state index contributed by atoms with van der Waals surface area (Å²) in [5.74, 6) is -0.549. The second-order valence-corrected chi connectivity index (χ2v) is 4.19. The Morgan fingerprint density at radius 3 is 2.45 bits per heavy atom. The largest absolute Gasteiger partial charge is 0.573 e. The fourth-order valence-corrected chi connectivity index (χ4v) is 1.69. The number of nitrogens with zero attached hydrogens (tertiary/aromatic N) is 2. The first-order valence-corrected chi connectivity index (χ1v) is 5.70. The number of ketones is 1. The first kappa shape index (κ1) is 14.1. The molecule has 1 aromatic heterocycles. The summed E-state index contributed by atoms with van der Waals surface area (Å²) >= 11 is 0. The SMILES string of the molecule is Cn1cc(CC(=O)c2ccc(OC(F)(F)F)cc2)cn1. The van der Waals surface area contributed by atoms with Gasteiger partial charge in [0.2, 0.25) is 0 Å². The van der Waals surface area contributed by atoms with Gasteiger partial charge < -0.3 is 4.74 Å². The molecule has 0 saturated heterocycles. The summed E-state index contributed by atoms with van der Waals surface area (Å²) in [5.41, 5.74) is 1.07. The average Bonchev–Trinajstić information content (AvgIpc) is 2.73. The van der Waals surface area contributed by atoms with Gasteiger partial charge in [-0.3, -0.25) is 9.48 Å². The topological polar surface area (TPSA) is 44.1 Å². The summed E-state index contributed by atoms with van der Waals surface area (Å²) in [6.45, 7) is 0. The lowest BCUT2D eigenvalue weighted by molar-refractivity contribution is -0.274. The molecule has 4 nitrogen and oxygen atoms in total. The minimum atomic E-state index is -4.73. The van der Waals surface area contributed by atoms with Crippen LogP contribution in [-0.4, -0.2) is 21.9 Å². The number of carbonyl (C=O) groups is 1. The number of benzene rings is 1. The van der Waals surface area contributed by atoms with Crippen LogP contribution in [0.1, 0.15) is 15.9 Å². The van der Waals surface area contributed by atoms with Gasteiger partial charge in [0.25, 0.3) is 0 Å². The molecule has 0 spiro atoms. The molecule has 0 amide bonds. The van der Waals surface area contributed by atoms with E-state index < -0.39 is 6.36 Å². The van der Waals surface area contributed by atoms with Crippen LogP contribution in [0.3, 0.4) is 0 Å². The van der Waals surface area contributed by atoms with E-state index in [0.717, 1.165) is 17.7 Å². The number of carbonyl (C=O) groups excluding carboxylic acids is 1. The van der Waals surface area contributed by atoms with E-state index in [4.69, 9.17) is 0 Å². The number of Topliss-reactive ketones (excluding diaryl/α,β-unsaturated/α-hetero) is 1. The van der Waals surface area contributed by atoms with Crippen molar-refractivity contribution < 1.29 is 22.7 Å². The highest BCUT2D eigenvalue weighted by Crippen LogP contribution is 2.23. The van der Waals surface area contributed by atoms with Gasteiger partial charge in [-0.25, -0.2) is 0 Å². The zero-order valence-corrected chi connectivity index (χ0v) is 10.5. The maximum Gasteiger partial charge on any atom is 0.573 e. The van der Waals surface area contributed by atoms with Gasteiger partial charge in [0.15, 0.2) is 5.78 Å². The fourth-order valence-electron chi connectivity index (χ4n) is 1.69. The van der Waals surface area contributed by atoms with Crippen molar-refractivity contribution >= 4 is 5.78 Å². The molecular formula is C13H11F3N2O2. The minimum absolute atomic E-state index is 0.146. The van der Waals surface area contributed by atoms with Crippen LogP contribution in [0, 0.1) is 0 Å². The van der Waals surface area contributed by atoms with Crippen LogP contribution in [0.5, 0.6) is 5.75 Å². The van der Waals surface area contributed by atoms with Crippen LogP contribution in [0.4, 0.5) is 13.2 Å². The zero-order valence-electron chi connectivity index (χ0n) is 10.5. The number of aromatic nitrogens is 2. The molecule has 0 bridgehead atoms. The van der Waals surface area contributed by atoms with Crippen molar-refractivity contribution in [2.75, 3.05) is 0 Å². The predicted molar refractivity (Wildman–Crippen MR) is 64.4 cm³/mol. The summed E-state index contributed by atoms with van der Waals surface area (Å²) in [5, 5.41) is 3.94. The number of halogens is 3. The van der Waals surface area contributed by atoms with Gasteiger partial charge in [0.1, 0.15) is 5.75 Å². The number of ether oxygens (including phenoxy) is 1. The van der Waals surface area contributed by atoms with E-state index in [2.05, 4.69) is 9.84 Å². The molecular weight excluding hydrogens is 273 g/mol. The Morgan fingerprint density at radius 1 is 1.30 bits per heavy atom. The van der Waals surface area contributed by atoms with Crippen molar-refractivity contribution in [1.82, 2.24) is 9.78 Å². The summed E-state index contributed by atoms with van der Waals surface area (Å²) in [7, 11) is 1.73. The first-order chi connectivity index (χ1) is 9.33. The van der Waals surface area contributed by atoms with Crippen LogP contribution < -0.4 is 4.74 Å². The lowest BCUT2D eigenvalue weighted by atomic mass is 10.1. The van der Waals surface area contributed by atoms with Crippen LogP contribution in [0.2, 0.25) is 0 Å². The highest BCUT2D eigenvalue weighted by Gasteiger charge is 2.31. The summed E-state index contributed by atoms with van der Waals surface area (Å²) in [6, 6.07) is 4.84. The Labute approximate surface area is 112 Å². The van der Waals surface area contributed by atoms with E-state index in [-0.39, 0.29) is 18.0 Å². The fraction of sp³-hybridized carbons (Fsp3) is 0.231. The highest BCUT2D eigenvalue weighted by atomic mass is 19.4. The van der Waals surface area contributed by atoms with Crippen LogP contribution >= 0.6 is 0 Å². The van der Waals surface area contributed by atoms with Crippen molar-refractivity contribution in [2.24, 2.45) is 7.05 Å². The Kier molecular flexibility index (Phi) is 3.78. The summed E-state index contributed by atoms with van der Waals surface area (Å²) in [4.78, 5) is 11.9. The average molecular weight is 284 g/mol. The molecule has 0 atom stereocenters. The normalized spacial score (nSPS) is 11.4. The lowest BCUT2D eigenvalue weighted by Gasteiger charge is -2.08. The number of aryl methyl sites for hydroxylation is 1. The minimum Gasteiger partial charge on any atom is -0.406 e. The standard InChI is InChI=1S/C13H11F3N2O2/c1-18-8-9(7-17-18)6-12(19)10-2-4-11(5-3-10)20-13(14,15)16/h2-5,7-8H,6H2,1H3. The molecule has 0 fully saturated rings. The number of alkyl halides is 3. The van der Waals surface area contributed by atoms with Gasteiger partial charge >= 0.3 is 6.36 Å². The van der Waals surface area contributed by atoms with Crippen molar-refractivity contribution in [1.29, 1.82) is 0 Å². The second kappa shape index (κ2) is 5.36. The first-order valence-electron chi connectivity index (χ1n) is 5.70. The number of hydrogen-bond donors (Lipinski definition) is 0. The van der Waals surface area contributed by atoms with E-state index in [1.54, 1.807) is 24.1 Å². The molecule has 0 radical (unpaired) electrons. The maximum absolute atomic E-state index is 12.0. The second-order valence-electron chi connectivity index (χ2n) is 4.19. The molecule has 1 heterocycles. The molecule has 0 saturated carbocycles. The van der Waals surface area contributed by atoms with Gasteiger partial charge in [0.05, 0.1) is 6.20 Å². The van der Waals surface area contributed by atoms with Gasteiger partial charge in [-0.1, -0.05) is 0 Å². The zero-order chi connectivity index (χ0) is 14.8. The van der Waals surface area contributed by atoms with Crippen molar-refractivity contribution in [3.63, 3.8) is 0 Å². The van der Waals surface area contributed by atoms with Crippen molar-refractivity contribution in [2.45, 2.75) is 12.8 Å². The molecule has 0 unspecified atom stereocenters.